The Bertz CT molecular complexity index is 374. The molecule has 1 aromatic rings. The molecule has 0 aliphatic carbocycles. The number of carbonyl (C=O) groups is 1. The Kier molecular flexibility index (Phi) is 3.79. The van der Waals surface area contributed by atoms with Gasteiger partial charge in [-0.1, -0.05) is 19.1 Å². The average Bonchev–Trinajstić information content (AvgIpc) is 2.60. The number of nitrogens with one attached hydrogen (secondary N) is 2. The molecule has 0 bridgehead atoms. The van der Waals surface area contributed by atoms with Crippen molar-refractivity contribution in [2.24, 2.45) is 5.73 Å². The summed E-state index contributed by atoms with van der Waals surface area (Å²) in [5.41, 5.74) is 6.73. The summed E-state index contributed by atoms with van der Waals surface area (Å²) >= 11 is 4.84. The van der Waals surface area contributed by atoms with Gasteiger partial charge in [0.15, 0.2) is 0 Å². The smallest absolute Gasteiger partial charge is 0.255 e. The third kappa shape index (κ3) is 2.76. The number of thiocarbonyl (C=S) groups is 1. The van der Waals surface area contributed by atoms with E-state index in [1.54, 1.807) is 6.92 Å². The summed E-state index contributed by atoms with van der Waals surface area (Å²) in [5, 5.41) is 9.21. The van der Waals surface area contributed by atoms with Gasteiger partial charge in [0.1, 0.15) is 0 Å². The number of H-pyrrole nitrogens is 1. The number of amides is 1. The first-order chi connectivity index (χ1) is 7.06. The van der Waals surface area contributed by atoms with Crippen molar-refractivity contribution in [1.29, 1.82) is 0 Å². The zero-order valence-electron chi connectivity index (χ0n) is 8.70. The van der Waals surface area contributed by atoms with Gasteiger partial charge >= 0.3 is 0 Å². The Labute approximate surface area is 93.4 Å². The first-order valence-corrected chi connectivity index (χ1v) is 5.07. The van der Waals surface area contributed by atoms with Crippen LogP contribution in [0, 0.1) is 6.92 Å². The number of aromatic nitrogens is 2. The molecule has 1 aromatic heterocycles. The number of hydrogen-bond acceptors (Lipinski definition) is 3. The van der Waals surface area contributed by atoms with Crippen molar-refractivity contribution in [3.8, 4) is 0 Å². The standard InChI is InChI=1S/C9H14N4OS/c1-3-7(8(10)15)12-9(14)6-4-11-13-5(6)2/h4,7H,3H2,1-2H3,(H2,10,15)(H,11,13)(H,12,14). The molecule has 5 nitrogen and oxygen atoms in total. The largest absolute Gasteiger partial charge is 0.392 e. The van der Waals surface area contributed by atoms with Crippen LogP contribution in [-0.4, -0.2) is 27.1 Å². The van der Waals surface area contributed by atoms with Gasteiger partial charge in [0.05, 0.1) is 22.8 Å². The highest BCUT2D eigenvalue weighted by Gasteiger charge is 2.16. The van der Waals surface area contributed by atoms with Gasteiger partial charge < -0.3 is 11.1 Å². The Morgan fingerprint density at radius 1 is 1.80 bits per heavy atom. The number of carbonyl (C=O) groups excluding carboxylic acids is 1. The van der Waals surface area contributed by atoms with Crippen LogP contribution in [0.1, 0.15) is 29.4 Å². The second-order valence-electron chi connectivity index (χ2n) is 3.25. The molecule has 1 heterocycles. The molecular formula is C9H14N4OS. The quantitative estimate of drug-likeness (QED) is 0.653. The van der Waals surface area contributed by atoms with E-state index in [0.29, 0.717) is 17.0 Å². The van der Waals surface area contributed by atoms with Crippen molar-refractivity contribution in [2.45, 2.75) is 26.3 Å². The molecule has 0 saturated carbocycles. The highest BCUT2D eigenvalue weighted by atomic mass is 32.1. The molecule has 6 heteroatoms. The Balaban J connectivity index is 2.71. The highest BCUT2D eigenvalue weighted by molar-refractivity contribution is 7.80. The molecule has 0 fully saturated rings. The Morgan fingerprint density at radius 3 is 2.87 bits per heavy atom. The van der Waals surface area contributed by atoms with Gasteiger partial charge in [0.2, 0.25) is 0 Å². The maximum Gasteiger partial charge on any atom is 0.255 e. The van der Waals surface area contributed by atoms with Gasteiger partial charge in [-0.25, -0.2) is 0 Å². The van der Waals surface area contributed by atoms with E-state index in [1.807, 2.05) is 6.92 Å². The first-order valence-electron chi connectivity index (χ1n) is 4.66. The van der Waals surface area contributed by atoms with E-state index < -0.39 is 0 Å². The van der Waals surface area contributed by atoms with Crippen LogP contribution >= 0.6 is 12.2 Å². The molecule has 0 aliphatic heterocycles. The van der Waals surface area contributed by atoms with Crippen LogP contribution < -0.4 is 11.1 Å². The zero-order valence-corrected chi connectivity index (χ0v) is 9.52. The van der Waals surface area contributed by atoms with Crippen LogP contribution in [-0.2, 0) is 0 Å². The predicted octanol–water partition coefficient (Wildman–Crippen LogP) is 0.513. The minimum atomic E-state index is -0.262. The van der Waals surface area contributed by atoms with Crippen LogP contribution in [0.15, 0.2) is 6.20 Å². The van der Waals surface area contributed by atoms with Crippen molar-refractivity contribution in [3.63, 3.8) is 0 Å². The van der Waals surface area contributed by atoms with E-state index in [9.17, 15) is 4.79 Å². The summed E-state index contributed by atoms with van der Waals surface area (Å²) in [6.45, 7) is 3.69. The van der Waals surface area contributed by atoms with Gasteiger partial charge in [0.25, 0.3) is 5.91 Å². The highest BCUT2D eigenvalue weighted by Crippen LogP contribution is 2.03. The van der Waals surface area contributed by atoms with Crippen molar-refractivity contribution in [2.75, 3.05) is 0 Å². The molecule has 1 amide bonds. The maximum absolute atomic E-state index is 11.7. The molecule has 1 atom stereocenters. The number of hydrogen-bond donors (Lipinski definition) is 3. The van der Waals surface area contributed by atoms with E-state index in [0.717, 1.165) is 5.69 Å². The van der Waals surface area contributed by atoms with E-state index in [4.69, 9.17) is 18.0 Å². The van der Waals surface area contributed by atoms with Crippen molar-refractivity contribution < 1.29 is 4.79 Å². The van der Waals surface area contributed by atoms with E-state index in [-0.39, 0.29) is 11.9 Å². The number of aromatic amines is 1. The number of rotatable bonds is 4. The lowest BCUT2D eigenvalue weighted by atomic mass is 10.2. The van der Waals surface area contributed by atoms with Crippen LogP contribution in [0.2, 0.25) is 0 Å². The van der Waals surface area contributed by atoms with Gasteiger partial charge in [-0.2, -0.15) is 5.10 Å². The fourth-order valence-corrected chi connectivity index (χ4v) is 1.42. The van der Waals surface area contributed by atoms with Crippen molar-refractivity contribution in [1.82, 2.24) is 15.5 Å². The zero-order chi connectivity index (χ0) is 11.4. The second-order valence-corrected chi connectivity index (χ2v) is 3.72. The first kappa shape index (κ1) is 11.6. The van der Waals surface area contributed by atoms with Gasteiger partial charge in [0, 0.05) is 5.69 Å². The van der Waals surface area contributed by atoms with E-state index >= 15 is 0 Å². The summed E-state index contributed by atoms with van der Waals surface area (Å²) in [7, 11) is 0. The minimum Gasteiger partial charge on any atom is -0.392 e. The van der Waals surface area contributed by atoms with Crippen LogP contribution in [0.3, 0.4) is 0 Å². The Morgan fingerprint density at radius 2 is 2.47 bits per heavy atom. The predicted molar refractivity (Wildman–Crippen MR) is 61.7 cm³/mol. The van der Waals surface area contributed by atoms with Crippen LogP contribution in [0.25, 0.3) is 0 Å². The van der Waals surface area contributed by atoms with Crippen molar-refractivity contribution >= 4 is 23.1 Å². The summed E-state index contributed by atoms with van der Waals surface area (Å²) in [6, 6.07) is -0.262. The maximum atomic E-state index is 11.7. The van der Waals surface area contributed by atoms with E-state index in [2.05, 4.69) is 15.5 Å². The lowest BCUT2D eigenvalue weighted by Gasteiger charge is -2.14. The monoisotopic (exact) mass is 226 g/mol. The van der Waals surface area contributed by atoms with Gasteiger partial charge in [-0.05, 0) is 13.3 Å². The lowest BCUT2D eigenvalue weighted by Crippen LogP contribution is -2.43. The lowest BCUT2D eigenvalue weighted by molar-refractivity contribution is 0.0946. The van der Waals surface area contributed by atoms with Gasteiger partial charge in [-0.3, -0.25) is 9.89 Å². The molecule has 0 spiro atoms. The molecule has 0 aliphatic rings. The summed E-state index contributed by atoms with van der Waals surface area (Å²) in [4.78, 5) is 12.0. The third-order valence-electron chi connectivity index (χ3n) is 2.13. The molecule has 15 heavy (non-hydrogen) atoms. The molecule has 0 radical (unpaired) electrons. The van der Waals surface area contributed by atoms with Crippen molar-refractivity contribution in [3.05, 3.63) is 17.5 Å². The number of nitrogens with zero attached hydrogens (tertiary/aromatic N) is 1. The summed E-state index contributed by atoms with van der Waals surface area (Å²) < 4.78 is 0. The molecule has 4 N–H and O–H groups in total. The Hall–Kier alpha value is -1.43. The molecule has 0 saturated heterocycles. The molecular weight excluding hydrogens is 212 g/mol. The average molecular weight is 226 g/mol. The number of aryl methyl sites for hydroxylation is 1. The fraction of sp³-hybridized carbons (Fsp3) is 0.444. The van der Waals surface area contributed by atoms with Crippen LogP contribution in [0.4, 0.5) is 0 Å². The number of nitrogens with two attached hydrogens (primary N) is 1. The normalized spacial score (nSPS) is 12.1. The molecule has 82 valence electrons. The third-order valence-corrected chi connectivity index (χ3v) is 2.42. The van der Waals surface area contributed by atoms with E-state index in [1.165, 1.54) is 6.20 Å². The second kappa shape index (κ2) is 4.88. The molecule has 0 aromatic carbocycles. The molecule has 1 rings (SSSR count). The SMILES string of the molecule is CCC(NC(=O)c1cn[nH]c1C)C(N)=S. The summed E-state index contributed by atoms with van der Waals surface area (Å²) in [6.07, 6.45) is 2.16. The summed E-state index contributed by atoms with van der Waals surface area (Å²) in [5.74, 6) is -0.207. The minimum absolute atomic E-state index is 0.207. The van der Waals surface area contributed by atoms with Crippen LogP contribution in [0.5, 0.6) is 0 Å². The van der Waals surface area contributed by atoms with Gasteiger partial charge in [-0.15, -0.1) is 0 Å². The molecule has 1 unspecified atom stereocenters. The topological polar surface area (TPSA) is 83.8 Å². The fourth-order valence-electron chi connectivity index (χ4n) is 1.19.